The zero-order chi connectivity index (χ0) is 11.5. The third-order valence-corrected chi connectivity index (χ3v) is 2.65. The van der Waals surface area contributed by atoms with Crippen LogP contribution < -0.4 is 4.74 Å². The van der Waals surface area contributed by atoms with E-state index in [4.69, 9.17) is 9.84 Å². The number of hydrogen-bond acceptors (Lipinski definition) is 4. The van der Waals surface area contributed by atoms with E-state index in [1.54, 1.807) is 12.3 Å². The number of aromatic carboxylic acids is 1. The van der Waals surface area contributed by atoms with Crippen LogP contribution in [0.4, 0.5) is 0 Å². The van der Waals surface area contributed by atoms with Gasteiger partial charge in [-0.15, -0.1) is 0 Å². The van der Waals surface area contributed by atoms with Gasteiger partial charge in [-0.2, -0.15) is 0 Å². The minimum absolute atomic E-state index is 0. The fourth-order valence-electron chi connectivity index (χ4n) is 1.82. The summed E-state index contributed by atoms with van der Waals surface area (Å²) >= 11 is 0. The van der Waals surface area contributed by atoms with Crippen molar-refractivity contribution in [2.45, 2.75) is 12.5 Å². The van der Waals surface area contributed by atoms with Crippen LogP contribution in [0.2, 0.25) is 0 Å². The van der Waals surface area contributed by atoms with Gasteiger partial charge in [-0.1, -0.05) is 0 Å². The number of nitrogens with zero attached hydrogens (tertiary/aromatic N) is 2. The third-order valence-electron chi connectivity index (χ3n) is 2.65. The second-order valence-corrected chi connectivity index (χ2v) is 3.97. The van der Waals surface area contributed by atoms with Crippen LogP contribution in [-0.4, -0.2) is 76.8 Å². The molecule has 0 amide bonds. The van der Waals surface area contributed by atoms with E-state index in [9.17, 15) is 4.79 Å². The molecule has 2 rings (SSSR count). The number of carboxylic acids is 1. The van der Waals surface area contributed by atoms with Crippen LogP contribution in [0.15, 0.2) is 18.5 Å². The van der Waals surface area contributed by atoms with Gasteiger partial charge in [0.25, 0.3) is 0 Å². The zero-order valence-electron chi connectivity index (χ0n) is 10.1. The Labute approximate surface area is 122 Å². The monoisotopic (exact) mass is 245 g/mol. The van der Waals surface area contributed by atoms with E-state index in [-0.39, 0.29) is 41.2 Å². The Kier molecular flexibility index (Phi) is 5.39. The average Bonchev–Trinajstić information content (AvgIpc) is 2.64. The summed E-state index contributed by atoms with van der Waals surface area (Å²) in [5, 5.41) is 8.96. The molecule has 1 aliphatic rings. The quantitative estimate of drug-likeness (QED) is 0.785. The molecule has 5 nitrogen and oxygen atoms in total. The first kappa shape index (κ1) is 14.4. The molecule has 0 bridgehead atoms. The van der Waals surface area contributed by atoms with E-state index in [0.717, 1.165) is 19.5 Å². The van der Waals surface area contributed by atoms with Crippen molar-refractivity contribution in [1.82, 2.24) is 9.88 Å². The predicted molar refractivity (Wildman–Crippen MR) is 63.5 cm³/mol. The molecule has 1 aliphatic heterocycles. The Hall–Kier alpha value is -0.620. The van der Waals surface area contributed by atoms with E-state index >= 15 is 0 Å². The fraction of sp³-hybridized carbons (Fsp3) is 0.455. The van der Waals surface area contributed by atoms with Gasteiger partial charge in [0.1, 0.15) is 17.4 Å². The largest absolute Gasteiger partial charge is 0.488 e. The number of pyridine rings is 1. The van der Waals surface area contributed by atoms with Crippen LogP contribution in [-0.2, 0) is 0 Å². The maximum Gasteiger partial charge on any atom is 0.341 e. The topological polar surface area (TPSA) is 62.7 Å². The maximum absolute atomic E-state index is 10.9. The first-order valence-corrected chi connectivity index (χ1v) is 5.19. The molecule has 1 atom stereocenters. The standard InChI is InChI=1S/C11H14N2O3.Na/c1-13-5-3-8(7-13)16-10-2-4-12-6-9(10)11(14)15;/h2,4,6,8H,3,5,7H2,1H3,(H,14,15);. The summed E-state index contributed by atoms with van der Waals surface area (Å²) in [6.45, 7) is 1.82. The van der Waals surface area contributed by atoms with Gasteiger partial charge >= 0.3 is 5.97 Å². The molecule has 1 aromatic rings. The van der Waals surface area contributed by atoms with E-state index in [0.29, 0.717) is 5.75 Å². The first-order valence-electron chi connectivity index (χ1n) is 5.19. The summed E-state index contributed by atoms with van der Waals surface area (Å²) in [4.78, 5) is 16.9. The van der Waals surface area contributed by atoms with Gasteiger partial charge in [-0.3, -0.25) is 4.98 Å². The van der Waals surface area contributed by atoms with Gasteiger partial charge in [0.05, 0.1) is 0 Å². The molecule has 0 saturated carbocycles. The number of ether oxygens (including phenoxy) is 1. The second-order valence-electron chi connectivity index (χ2n) is 3.97. The van der Waals surface area contributed by atoms with E-state index in [1.807, 2.05) is 7.05 Å². The molecule has 1 aromatic heterocycles. The van der Waals surface area contributed by atoms with Gasteiger partial charge in [-0.25, -0.2) is 4.79 Å². The minimum Gasteiger partial charge on any atom is -0.488 e. The number of carboxylic acid groups (broad SMARTS) is 1. The maximum atomic E-state index is 10.9. The molecular formula is C11H14N2NaO3. The molecule has 2 heterocycles. The molecule has 6 heteroatoms. The van der Waals surface area contributed by atoms with Crippen LogP contribution >= 0.6 is 0 Å². The molecule has 87 valence electrons. The molecule has 1 N–H and O–H groups in total. The Balaban J connectivity index is 0.00000144. The van der Waals surface area contributed by atoms with E-state index in [1.165, 1.54) is 6.20 Å². The Morgan fingerprint density at radius 2 is 2.41 bits per heavy atom. The minimum atomic E-state index is -1.01. The number of likely N-dealkylation sites (N-methyl/N-ethyl adjacent to an activating group) is 1. The van der Waals surface area contributed by atoms with Gasteiger partial charge in [0, 0.05) is 55.0 Å². The van der Waals surface area contributed by atoms with Crippen molar-refractivity contribution in [3.05, 3.63) is 24.0 Å². The summed E-state index contributed by atoms with van der Waals surface area (Å²) in [5.41, 5.74) is 0.122. The molecule has 1 unspecified atom stereocenters. The Morgan fingerprint density at radius 3 is 3.00 bits per heavy atom. The Morgan fingerprint density at radius 1 is 1.65 bits per heavy atom. The van der Waals surface area contributed by atoms with Gasteiger partial charge < -0.3 is 14.7 Å². The molecule has 1 radical (unpaired) electrons. The molecular weight excluding hydrogens is 231 g/mol. The SMILES string of the molecule is CN1CCC(Oc2ccncc2C(=O)O)C1.[Na]. The molecule has 1 fully saturated rings. The van der Waals surface area contributed by atoms with Crippen LogP contribution in [0.3, 0.4) is 0 Å². The number of hydrogen-bond donors (Lipinski definition) is 1. The summed E-state index contributed by atoms with van der Waals surface area (Å²) in [6, 6.07) is 1.60. The summed E-state index contributed by atoms with van der Waals surface area (Å²) in [7, 11) is 2.02. The second kappa shape index (κ2) is 6.35. The fourth-order valence-corrected chi connectivity index (χ4v) is 1.82. The number of carbonyl (C=O) groups is 1. The van der Waals surface area contributed by atoms with Crippen molar-refractivity contribution in [2.75, 3.05) is 20.1 Å². The van der Waals surface area contributed by atoms with Crippen molar-refractivity contribution in [2.24, 2.45) is 0 Å². The van der Waals surface area contributed by atoms with Crippen molar-refractivity contribution >= 4 is 35.5 Å². The van der Waals surface area contributed by atoms with Crippen LogP contribution in [0.5, 0.6) is 5.75 Å². The van der Waals surface area contributed by atoms with Gasteiger partial charge in [-0.05, 0) is 19.5 Å². The van der Waals surface area contributed by atoms with Gasteiger partial charge in [0.15, 0.2) is 0 Å². The Bertz CT molecular complexity index is 400. The molecule has 0 spiro atoms. The van der Waals surface area contributed by atoms with Crippen LogP contribution in [0, 0.1) is 0 Å². The predicted octanol–water partition coefficient (Wildman–Crippen LogP) is 0.482. The summed E-state index contributed by atoms with van der Waals surface area (Å²) in [6.07, 6.45) is 3.86. The van der Waals surface area contributed by atoms with E-state index < -0.39 is 5.97 Å². The number of likely N-dealkylation sites (tertiary alicyclic amines) is 1. The molecule has 17 heavy (non-hydrogen) atoms. The van der Waals surface area contributed by atoms with Gasteiger partial charge in [0.2, 0.25) is 0 Å². The third kappa shape index (κ3) is 3.67. The normalized spacial score (nSPS) is 19.7. The van der Waals surface area contributed by atoms with Crippen LogP contribution in [0.25, 0.3) is 0 Å². The molecule has 0 aliphatic carbocycles. The summed E-state index contributed by atoms with van der Waals surface area (Å²) in [5.74, 6) is -0.600. The molecule has 1 saturated heterocycles. The summed E-state index contributed by atoms with van der Waals surface area (Å²) < 4.78 is 5.68. The van der Waals surface area contributed by atoms with E-state index in [2.05, 4.69) is 9.88 Å². The van der Waals surface area contributed by atoms with Crippen molar-refractivity contribution < 1.29 is 14.6 Å². The van der Waals surface area contributed by atoms with Crippen molar-refractivity contribution in [3.8, 4) is 5.75 Å². The first-order chi connectivity index (χ1) is 7.66. The number of aromatic nitrogens is 1. The zero-order valence-corrected chi connectivity index (χ0v) is 12.1. The average molecular weight is 245 g/mol. The smallest absolute Gasteiger partial charge is 0.341 e. The number of rotatable bonds is 3. The van der Waals surface area contributed by atoms with Crippen molar-refractivity contribution in [1.29, 1.82) is 0 Å². The van der Waals surface area contributed by atoms with Crippen molar-refractivity contribution in [3.63, 3.8) is 0 Å². The van der Waals surface area contributed by atoms with Crippen LogP contribution in [0.1, 0.15) is 16.8 Å². The molecule has 0 aromatic carbocycles.